The minimum Gasteiger partial charge on any atom is -0.381 e. The smallest absolute Gasteiger partial charge is 0.191 e. The summed E-state index contributed by atoms with van der Waals surface area (Å²) in [5.74, 6) is 1.93. The van der Waals surface area contributed by atoms with Crippen LogP contribution in [0.1, 0.15) is 31.4 Å². The normalized spacial score (nSPS) is 11.4. The van der Waals surface area contributed by atoms with Gasteiger partial charge in [-0.2, -0.15) is 11.8 Å². The number of rotatable bonds is 10. The molecule has 0 radical (unpaired) electrons. The Bertz CT molecular complexity index is 515. The maximum atomic E-state index is 13.4. The van der Waals surface area contributed by atoms with Crippen molar-refractivity contribution in [2.45, 2.75) is 32.6 Å². The van der Waals surface area contributed by atoms with E-state index in [0.717, 1.165) is 49.0 Å². The van der Waals surface area contributed by atoms with Gasteiger partial charge in [0.15, 0.2) is 5.96 Å². The molecule has 1 aromatic carbocycles. The lowest BCUT2D eigenvalue weighted by atomic mass is 10.1. The summed E-state index contributed by atoms with van der Waals surface area (Å²) in [6.45, 7) is 7.27. The number of benzene rings is 1. The fourth-order valence-electron chi connectivity index (χ4n) is 2.16. The summed E-state index contributed by atoms with van der Waals surface area (Å²) in [5.41, 5.74) is 2.11. The van der Waals surface area contributed by atoms with Crippen LogP contribution >= 0.6 is 35.7 Å². The fourth-order valence-corrected chi connectivity index (χ4v) is 2.74. The molecule has 0 unspecified atom stereocenters. The van der Waals surface area contributed by atoms with Crippen molar-refractivity contribution in [1.29, 1.82) is 0 Å². The molecule has 0 aliphatic carbocycles. The van der Waals surface area contributed by atoms with Crippen molar-refractivity contribution < 1.29 is 9.13 Å². The van der Waals surface area contributed by atoms with Crippen LogP contribution in [0.3, 0.4) is 0 Å². The first-order chi connectivity index (χ1) is 11.6. The van der Waals surface area contributed by atoms with Crippen LogP contribution in [0.5, 0.6) is 0 Å². The number of thioether (sulfide) groups is 1. The molecule has 4 nitrogen and oxygen atoms in total. The van der Waals surface area contributed by atoms with Crippen molar-refractivity contribution in [2.75, 3.05) is 33.1 Å². The number of hydrogen-bond donors (Lipinski definition) is 2. The predicted octanol–water partition coefficient (Wildman–Crippen LogP) is 4.03. The number of nitrogens with zero attached hydrogens (tertiary/aromatic N) is 1. The van der Waals surface area contributed by atoms with Gasteiger partial charge in [-0.3, -0.25) is 4.99 Å². The Hall–Kier alpha value is -0.540. The van der Waals surface area contributed by atoms with Crippen molar-refractivity contribution in [3.8, 4) is 0 Å². The van der Waals surface area contributed by atoms with Gasteiger partial charge in [0, 0.05) is 39.1 Å². The van der Waals surface area contributed by atoms with E-state index in [-0.39, 0.29) is 29.8 Å². The highest BCUT2D eigenvalue weighted by Crippen LogP contribution is 2.16. The van der Waals surface area contributed by atoms with Gasteiger partial charge in [-0.1, -0.05) is 19.9 Å². The molecule has 2 N–H and O–H groups in total. The standard InChI is InChI=1S/C18H30FN3OS.HI/c1-14(2)12-23-9-5-8-21-18(20-3)22-11-15-6-7-17(19)10-16(15)13-24-4;/h6-7,10,14H,5,8-9,11-13H2,1-4H3,(H2,20,21,22);1H. The molecule has 25 heavy (non-hydrogen) atoms. The molecule has 0 aliphatic heterocycles. The van der Waals surface area contributed by atoms with Crippen LogP contribution in [-0.4, -0.2) is 39.0 Å². The molecule has 0 saturated carbocycles. The lowest BCUT2D eigenvalue weighted by Gasteiger charge is -2.14. The van der Waals surface area contributed by atoms with Gasteiger partial charge in [0.2, 0.25) is 0 Å². The summed E-state index contributed by atoms with van der Waals surface area (Å²) in [7, 11) is 1.75. The number of nitrogens with one attached hydrogen (secondary N) is 2. The topological polar surface area (TPSA) is 45.7 Å². The summed E-state index contributed by atoms with van der Waals surface area (Å²) in [6.07, 6.45) is 2.95. The minimum absolute atomic E-state index is 0. The molecule has 1 rings (SSSR count). The molecule has 0 amide bonds. The quantitative estimate of drug-likeness (QED) is 0.228. The van der Waals surface area contributed by atoms with Crippen LogP contribution in [0, 0.1) is 11.7 Å². The lowest BCUT2D eigenvalue weighted by molar-refractivity contribution is 0.108. The van der Waals surface area contributed by atoms with E-state index in [1.165, 1.54) is 6.07 Å². The van der Waals surface area contributed by atoms with Crippen LogP contribution in [0.4, 0.5) is 4.39 Å². The van der Waals surface area contributed by atoms with Crippen molar-refractivity contribution >= 4 is 41.7 Å². The molecule has 1 aromatic rings. The summed E-state index contributed by atoms with van der Waals surface area (Å²) in [6, 6.07) is 4.94. The third-order valence-corrected chi connectivity index (χ3v) is 3.95. The zero-order valence-electron chi connectivity index (χ0n) is 15.6. The van der Waals surface area contributed by atoms with Crippen molar-refractivity contribution in [3.05, 3.63) is 35.1 Å². The third-order valence-electron chi connectivity index (χ3n) is 3.35. The molecular weight excluding hydrogens is 452 g/mol. The monoisotopic (exact) mass is 483 g/mol. The van der Waals surface area contributed by atoms with E-state index in [1.54, 1.807) is 24.9 Å². The molecule has 0 heterocycles. The highest BCUT2D eigenvalue weighted by atomic mass is 127. The van der Waals surface area contributed by atoms with Crippen LogP contribution in [0.2, 0.25) is 0 Å². The van der Waals surface area contributed by atoms with E-state index in [9.17, 15) is 4.39 Å². The SMILES string of the molecule is CN=C(NCCCOCC(C)C)NCc1ccc(F)cc1CSC.I. The molecular formula is C18H31FIN3OS. The first kappa shape index (κ1) is 24.5. The van der Waals surface area contributed by atoms with Crippen LogP contribution in [-0.2, 0) is 17.0 Å². The molecule has 7 heteroatoms. The lowest BCUT2D eigenvalue weighted by Crippen LogP contribution is -2.37. The molecule has 0 aromatic heterocycles. The van der Waals surface area contributed by atoms with Crippen LogP contribution < -0.4 is 10.6 Å². The molecule has 0 fully saturated rings. The van der Waals surface area contributed by atoms with Crippen molar-refractivity contribution in [3.63, 3.8) is 0 Å². The van der Waals surface area contributed by atoms with Gasteiger partial charge in [-0.05, 0) is 41.9 Å². The second kappa shape index (κ2) is 14.6. The van der Waals surface area contributed by atoms with Gasteiger partial charge in [-0.25, -0.2) is 4.39 Å². The van der Waals surface area contributed by atoms with E-state index in [4.69, 9.17) is 4.74 Å². The fraction of sp³-hybridized carbons (Fsp3) is 0.611. The number of guanidine groups is 1. The summed E-state index contributed by atoms with van der Waals surface area (Å²) in [5, 5.41) is 6.55. The van der Waals surface area contributed by atoms with Crippen LogP contribution in [0.25, 0.3) is 0 Å². The van der Waals surface area contributed by atoms with Crippen molar-refractivity contribution in [2.24, 2.45) is 10.9 Å². The average molecular weight is 483 g/mol. The largest absolute Gasteiger partial charge is 0.381 e. The molecule has 0 aliphatic rings. The molecule has 0 bridgehead atoms. The first-order valence-electron chi connectivity index (χ1n) is 8.35. The van der Waals surface area contributed by atoms with Gasteiger partial charge in [0.05, 0.1) is 0 Å². The average Bonchev–Trinajstić information content (AvgIpc) is 2.55. The Balaban J connectivity index is 0.00000576. The number of ether oxygens (including phenoxy) is 1. The highest BCUT2D eigenvalue weighted by Gasteiger charge is 2.05. The summed E-state index contributed by atoms with van der Waals surface area (Å²) in [4.78, 5) is 4.22. The Morgan fingerprint density at radius 1 is 1.28 bits per heavy atom. The van der Waals surface area contributed by atoms with E-state index in [0.29, 0.717) is 12.5 Å². The Morgan fingerprint density at radius 3 is 2.68 bits per heavy atom. The minimum atomic E-state index is -0.188. The number of halogens is 2. The van der Waals surface area contributed by atoms with E-state index in [1.807, 2.05) is 12.3 Å². The maximum Gasteiger partial charge on any atom is 0.191 e. The Morgan fingerprint density at radius 2 is 2.04 bits per heavy atom. The Labute approximate surface area is 172 Å². The van der Waals surface area contributed by atoms with Crippen LogP contribution in [0.15, 0.2) is 23.2 Å². The first-order valence-corrected chi connectivity index (χ1v) is 9.74. The highest BCUT2D eigenvalue weighted by molar-refractivity contribution is 14.0. The predicted molar refractivity (Wildman–Crippen MR) is 118 cm³/mol. The van der Waals surface area contributed by atoms with Gasteiger partial charge >= 0.3 is 0 Å². The Kier molecular flexibility index (Phi) is 14.3. The maximum absolute atomic E-state index is 13.4. The van der Waals surface area contributed by atoms with Crippen molar-refractivity contribution in [1.82, 2.24) is 10.6 Å². The zero-order valence-corrected chi connectivity index (χ0v) is 18.7. The number of hydrogen-bond acceptors (Lipinski definition) is 3. The molecule has 0 spiro atoms. The summed E-state index contributed by atoms with van der Waals surface area (Å²) >= 11 is 1.69. The molecule has 0 atom stereocenters. The number of aliphatic imine (C=N–C) groups is 1. The van der Waals surface area contributed by atoms with Gasteiger partial charge in [0.1, 0.15) is 5.82 Å². The second-order valence-corrected chi connectivity index (χ2v) is 6.89. The second-order valence-electron chi connectivity index (χ2n) is 6.02. The summed E-state index contributed by atoms with van der Waals surface area (Å²) < 4.78 is 18.9. The molecule has 144 valence electrons. The van der Waals surface area contributed by atoms with Gasteiger partial charge in [0.25, 0.3) is 0 Å². The third kappa shape index (κ3) is 10.9. The van der Waals surface area contributed by atoms with E-state index >= 15 is 0 Å². The van der Waals surface area contributed by atoms with Gasteiger partial charge < -0.3 is 15.4 Å². The molecule has 0 saturated heterocycles. The zero-order chi connectivity index (χ0) is 17.8. The van der Waals surface area contributed by atoms with E-state index in [2.05, 4.69) is 29.5 Å². The van der Waals surface area contributed by atoms with Gasteiger partial charge in [-0.15, -0.1) is 24.0 Å². The van der Waals surface area contributed by atoms with E-state index < -0.39 is 0 Å².